The first-order valence-electron chi connectivity index (χ1n) is 8.38. The third-order valence-corrected chi connectivity index (χ3v) is 4.44. The van der Waals surface area contributed by atoms with Crippen LogP contribution in [0.4, 0.5) is 0 Å². The van der Waals surface area contributed by atoms with E-state index in [1.165, 1.54) is 0 Å². The Morgan fingerprint density at radius 3 is 3.04 bits per heavy atom. The minimum absolute atomic E-state index is 0.00000199. The summed E-state index contributed by atoms with van der Waals surface area (Å²) in [4.78, 5) is 23.5. The van der Waals surface area contributed by atoms with Gasteiger partial charge in [0.15, 0.2) is 5.82 Å². The van der Waals surface area contributed by atoms with Crippen LogP contribution >= 0.6 is 0 Å². The molecule has 0 spiro atoms. The van der Waals surface area contributed by atoms with Crippen LogP contribution in [0.15, 0.2) is 35.4 Å². The number of nitrogens with zero attached hydrogens (tertiary/aromatic N) is 5. The number of ether oxygens (including phenoxy) is 1. The Balaban J connectivity index is 1.44. The quantitative estimate of drug-likeness (QED) is 0.759. The maximum Gasteiger partial charge on any atom is 0.261 e. The molecule has 1 saturated heterocycles. The van der Waals surface area contributed by atoms with Crippen LogP contribution in [-0.2, 0) is 11.3 Å². The second-order valence-corrected chi connectivity index (χ2v) is 6.20. The van der Waals surface area contributed by atoms with Gasteiger partial charge in [-0.1, -0.05) is 12.1 Å². The molecule has 1 fully saturated rings. The standard InChI is InChI=1S/C17H20N6O2/c1-12-19-16(21-20-12)15-10-22(8-9-25-15)6-7-23-11-18-14-5-3-2-4-13(14)17(23)24/h2-5,11,15H,6-10H2,1H3,(H,19,20,21)/t15-/m0/s1. The number of para-hydroxylation sites is 1. The highest BCUT2D eigenvalue weighted by Crippen LogP contribution is 2.18. The second kappa shape index (κ2) is 6.73. The summed E-state index contributed by atoms with van der Waals surface area (Å²) in [6, 6.07) is 7.42. The molecule has 8 heteroatoms. The van der Waals surface area contributed by atoms with E-state index in [0.717, 1.165) is 24.4 Å². The van der Waals surface area contributed by atoms with Gasteiger partial charge in [0.1, 0.15) is 11.9 Å². The van der Waals surface area contributed by atoms with Crippen LogP contribution in [0.2, 0.25) is 0 Å². The van der Waals surface area contributed by atoms with Crippen LogP contribution in [0.3, 0.4) is 0 Å². The third-order valence-electron chi connectivity index (χ3n) is 4.44. The Morgan fingerprint density at radius 2 is 2.20 bits per heavy atom. The average Bonchev–Trinajstić information content (AvgIpc) is 3.08. The van der Waals surface area contributed by atoms with E-state index in [1.807, 2.05) is 31.2 Å². The summed E-state index contributed by atoms with van der Waals surface area (Å²) in [7, 11) is 0. The molecular formula is C17H20N6O2. The molecule has 8 nitrogen and oxygen atoms in total. The first-order chi connectivity index (χ1) is 12.2. The third kappa shape index (κ3) is 3.31. The van der Waals surface area contributed by atoms with Crippen molar-refractivity contribution in [1.29, 1.82) is 0 Å². The van der Waals surface area contributed by atoms with Crippen LogP contribution < -0.4 is 5.56 Å². The van der Waals surface area contributed by atoms with Crippen molar-refractivity contribution in [2.24, 2.45) is 0 Å². The lowest BCUT2D eigenvalue weighted by Gasteiger charge is -2.31. The van der Waals surface area contributed by atoms with Crippen molar-refractivity contribution < 1.29 is 4.74 Å². The summed E-state index contributed by atoms with van der Waals surface area (Å²) < 4.78 is 7.44. The van der Waals surface area contributed by atoms with Crippen molar-refractivity contribution in [2.75, 3.05) is 26.2 Å². The number of fused-ring (bicyclic) bond motifs is 1. The molecular weight excluding hydrogens is 320 g/mol. The highest BCUT2D eigenvalue weighted by Gasteiger charge is 2.24. The van der Waals surface area contributed by atoms with Crippen LogP contribution in [0, 0.1) is 6.92 Å². The van der Waals surface area contributed by atoms with E-state index in [9.17, 15) is 4.79 Å². The first kappa shape index (κ1) is 15.9. The smallest absolute Gasteiger partial charge is 0.261 e. The van der Waals surface area contributed by atoms with Crippen LogP contribution in [0.1, 0.15) is 17.8 Å². The molecule has 1 aliphatic heterocycles. The normalized spacial score (nSPS) is 18.7. The predicted octanol–water partition coefficient (Wildman–Crippen LogP) is 0.897. The van der Waals surface area contributed by atoms with E-state index in [1.54, 1.807) is 10.9 Å². The molecule has 1 aliphatic rings. The van der Waals surface area contributed by atoms with Gasteiger partial charge in [0.05, 0.1) is 23.8 Å². The molecule has 0 aliphatic carbocycles. The van der Waals surface area contributed by atoms with Gasteiger partial charge in [0, 0.05) is 26.2 Å². The maximum atomic E-state index is 12.5. The van der Waals surface area contributed by atoms with E-state index in [4.69, 9.17) is 4.74 Å². The molecule has 0 saturated carbocycles. The number of nitrogens with one attached hydrogen (secondary N) is 1. The number of H-pyrrole nitrogens is 1. The fraction of sp³-hybridized carbons (Fsp3) is 0.412. The van der Waals surface area contributed by atoms with E-state index in [-0.39, 0.29) is 11.7 Å². The summed E-state index contributed by atoms with van der Waals surface area (Å²) in [5, 5.41) is 7.69. The van der Waals surface area contributed by atoms with Crippen molar-refractivity contribution in [3.05, 3.63) is 52.6 Å². The number of morpholine rings is 1. The summed E-state index contributed by atoms with van der Waals surface area (Å²) in [5.41, 5.74) is 0.732. The van der Waals surface area contributed by atoms with Gasteiger partial charge < -0.3 is 4.74 Å². The number of hydrogen-bond acceptors (Lipinski definition) is 6. The Bertz CT molecular complexity index is 934. The first-order valence-corrected chi connectivity index (χ1v) is 8.38. The summed E-state index contributed by atoms with van der Waals surface area (Å²) in [5.74, 6) is 1.47. The number of hydrogen-bond donors (Lipinski definition) is 1. The largest absolute Gasteiger partial charge is 0.367 e. The Labute approximate surface area is 144 Å². The van der Waals surface area contributed by atoms with Crippen molar-refractivity contribution >= 4 is 10.9 Å². The molecule has 1 atom stereocenters. The van der Waals surface area contributed by atoms with Gasteiger partial charge in [-0.15, -0.1) is 0 Å². The summed E-state index contributed by atoms with van der Waals surface area (Å²) in [6.45, 7) is 5.39. The molecule has 2 aromatic heterocycles. The van der Waals surface area contributed by atoms with Gasteiger partial charge in [0.25, 0.3) is 5.56 Å². The predicted molar refractivity (Wildman–Crippen MR) is 92.3 cm³/mol. The molecule has 25 heavy (non-hydrogen) atoms. The van der Waals surface area contributed by atoms with E-state index in [2.05, 4.69) is 25.1 Å². The number of aryl methyl sites for hydroxylation is 1. The van der Waals surface area contributed by atoms with Gasteiger partial charge in [-0.2, -0.15) is 5.10 Å². The van der Waals surface area contributed by atoms with Gasteiger partial charge in [-0.3, -0.25) is 19.4 Å². The number of benzene rings is 1. The topological polar surface area (TPSA) is 88.9 Å². The average molecular weight is 340 g/mol. The molecule has 130 valence electrons. The fourth-order valence-electron chi connectivity index (χ4n) is 3.08. The fourth-order valence-corrected chi connectivity index (χ4v) is 3.08. The van der Waals surface area contributed by atoms with Gasteiger partial charge >= 0.3 is 0 Å². The number of aromatic nitrogens is 5. The summed E-state index contributed by atoms with van der Waals surface area (Å²) >= 11 is 0. The number of rotatable bonds is 4. The molecule has 3 aromatic rings. The van der Waals surface area contributed by atoms with Crippen LogP contribution in [0.25, 0.3) is 10.9 Å². The van der Waals surface area contributed by atoms with E-state index >= 15 is 0 Å². The zero-order valence-corrected chi connectivity index (χ0v) is 14.1. The lowest BCUT2D eigenvalue weighted by molar-refractivity contribution is -0.0351. The van der Waals surface area contributed by atoms with Crippen molar-refractivity contribution in [1.82, 2.24) is 29.6 Å². The van der Waals surface area contributed by atoms with E-state index < -0.39 is 0 Å². The monoisotopic (exact) mass is 340 g/mol. The van der Waals surface area contributed by atoms with Gasteiger partial charge in [-0.05, 0) is 19.1 Å². The molecule has 1 aromatic carbocycles. The highest BCUT2D eigenvalue weighted by atomic mass is 16.5. The van der Waals surface area contributed by atoms with Crippen molar-refractivity contribution in [3.8, 4) is 0 Å². The van der Waals surface area contributed by atoms with Crippen LogP contribution in [-0.4, -0.2) is 55.9 Å². The van der Waals surface area contributed by atoms with E-state index in [0.29, 0.717) is 30.9 Å². The summed E-state index contributed by atoms with van der Waals surface area (Å²) in [6.07, 6.45) is 1.49. The number of aromatic amines is 1. The maximum absolute atomic E-state index is 12.5. The molecule has 1 N–H and O–H groups in total. The molecule has 4 rings (SSSR count). The second-order valence-electron chi connectivity index (χ2n) is 6.20. The van der Waals surface area contributed by atoms with Gasteiger partial charge in [-0.25, -0.2) is 9.97 Å². The van der Waals surface area contributed by atoms with Crippen LogP contribution in [0.5, 0.6) is 0 Å². The molecule has 0 bridgehead atoms. The zero-order chi connectivity index (χ0) is 17.2. The lowest BCUT2D eigenvalue weighted by atomic mass is 10.2. The molecule has 3 heterocycles. The minimum Gasteiger partial charge on any atom is -0.367 e. The SMILES string of the molecule is Cc1nc([C@@H]2CN(CCn3cnc4ccccc4c3=O)CCO2)n[nH]1. The molecule has 0 amide bonds. The van der Waals surface area contributed by atoms with Gasteiger partial charge in [0.2, 0.25) is 0 Å². The molecule has 0 unspecified atom stereocenters. The Kier molecular flexibility index (Phi) is 4.29. The zero-order valence-electron chi connectivity index (χ0n) is 14.1. The Hall–Kier alpha value is -2.58. The van der Waals surface area contributed by atoms with Crippen molar-refractivity contribution in [3.63, 3.8) is 0 Å². The minimum atomic E-state index is -0.134. The van der Waals surface area contributed by atoms with Crippen molar-refractivity contribution in [2.45, 2.75) is 19.6 Å². The molecule has 0 radical (unpaired) electrons. The Morgan fingerprint density at radius 1 is 1.32 bits per heavy atom. The highest BCUT2D eigenvalue weighted by molar-refractivity contribution is 5.76. The lowest BCUT2D eigenvalue weighted by Crippen LogP contribution is -2.41.